The van der Waals surface area contributed by atoms with E-state index in [0.717, 1.165) is 27.6 Å². The average molecular weight is 470 g/mol. The molecule has 0 radical (unpaired) electrons. The second kappa shape index (κ2) is 9.27. The third kappa shape index (κ3) is 4.85. The number of fused-ring (bicyclic) bond motifs is 1. The van der Waals surface area contributed by atoms with E-state index in [-0.39, 0.29) is 5.91 Å². The standard InChI is InChI=1S/C25H19Cl3N2O/c1-15-6-9-23-19(12-15)20(14-24(30-23)18-4-2-3-5-21(18)27)25(31)29-11-10-16-7-8-17(26)13-22(16)28/h2-9,12-14H,10-11H2,1H3,(H,29,31). The third-order valence-electron chi connectivity index (χ3n) is 5.05. The van der Waals surface area contributed by atoms with E-state index in [1.807, 2.05) is 55.5 Å². The summed E-state index contributed by atoms with van der Waals surface area (Å²) >= 11 is 18.6. The highest BCUT2D eigenvalue weighted by molar-refractivity contribution is 6.35. The van der Waals surface area contributed by atoms with Crippen LogP contribution in [0, 0.1) is 6.92 Å². The summed E-state index contributed by atoms with van der Waals surface area (Å²) in [5.41, 5.74) is 4.74. The number of nitrogens with one attached hydrogen (secondary N) is 1. The number of amides is 1. The number of nitrogens with zero attached hydrogens (tertiary/aromatic N) is 1. The van der Waals surface area contributed by atoms with Gasteiger partial charge in [-0.25, -0.2) is 4.98 Å². The summed E-state index contributed by atoms with van der Waals surface area (Å²) in [6.07, 6.45) is 0.598. The highest BCUT2D eigenvalue weighted by atomic mass is 35.5. The fourth-order valence-corrected chi connectivity index (χ4v) is 4.20. The fraction of sp³-hybridized carbons (Fsp3) is 0.120. The number of aromatic nitrogens is 1. The minimum atomic E-state index is -0.170. The van der Waals surface area contributed by atoms with Crippen LogP contribution in [0.4, 0.5) is 0 Å². The summed E-state index contributed by atoms with van der Waals surface area (Å²) in [6, 6.07) is 20.5. The van der Waals surface area contributed by atoms with E-state index >= 15 is 0 Å². The summed E-state index contributed by atoms with van der Waals surface area (Å²) in [7, 11) is 0. The highest BCUT2D eigenvalue weighted by Gasteiger charge is 2.15. The lowest BCUT2D eigenvalue weighted by atomic mass is 10.0. The predicted octanol–water partition coefficient (Wildman–Crippen LogP) is 7.14. The molecule has 1 heterocycles. The smallest absolute Gasteiger partial charge is 0.252 e. The third-order valence-corrected chi connectivity index (χ3v) is 5.97. The van der Waals surface area contributed by atoms with Crippen LogP contribution in [-0.4, -0.2) is 17.4 Å². The number of hydrogen-bond donors (Lipinski definition) is 1. The molecule has 0 spiro atoms. The van der Waals surface area contributed by atoms with Crippen LogP contribution in [0.2, 0.25) is 15.1 Å². The molecular formula is C25H19Cl3N2O. The van der Waals surface area contributed by atoms with Gasteiger partial charge in [0.2, 0.25) is 0 Å². The lowest BCUT2D eigenvalue weighted by Gasteiger charge is -2.12. The Kier molecular flexibility index (Phi) is 6.47. The van der Waals surface area contributed by atoms with Crippen molar-refractivity contribution in [1.82, 2.24) is 10.3 Å². The van der Waals surface area contributed by atoms with Crippen molar-refractivity contribution in [2.45, 2.75) is 13.3 Å². The maximum Gasteiger partial charge on any atom is 0.252 e. The van der Waals surface area contributed by atoms with Crippen molar-refractivity contribution in [3.05, 3.63) is 98.5 Å². The van der Waals surface area contributed by atoms with Gasteiger partial charge in [0, 0.05) is 32.6 Å². The van der Waals surface area contributed by atoms with Crippen LogP contribution in [0.25, 0.3) is 22.2 Å². The Labute approximate surface area is 196 Å². The largest absolute Gasteiger partial charge is 0.352 e. The summed E-state index contributed by atoms with van der Waals surface area (Å²) < 4.78 is 0. The minimum absolute atomic E-state index is 0.170. The molecule has 0 fully saturated rings. The lowest BCUT2D eigenvalue weighted by Crippen LogP contribution is -2.26. The van der Waals surface area contributed by atoms with E-state index in [4.69, 9.17) is 39.8 Å². The van der Waals surface area contributed by atoms with Crippen molar-refractivity contribution in [3.63, 3.8) is 0 Å². The maximum atomic E-state index is 13.1. The molecule has 0 saturated heterocycles. The van der Waals surface area contributed by atoms with Crippen molar-refractivity contribution in [2.75, 3.05) is 6.54 Å². The number of hydrogen-bond acceptors (Lipinski definition) is 2. The van der Waals surface area contributed by atoms with Gasteiger partial charge in [0.25, 0.3) is 5.91 Å². The molecule has 0 aliphatic rings. The molecule has 0 atom stereocenters. The topological polar surface area (TPSA) is 42.0 Å². The molecule has 0 aliphatic carbocycles. The van der Waals surface area contributed by atoms with E-state index < -0.39 is 0 Å². The van der Waals surface area contributed by atoms with E-state index in [9.17, 15) is 4.79 Å². The van der Waals surface area contributed by atoms with Gasteiger partial charge in [-0.1, -0.05) is 70.7 Å². The number of benzene rings is 3. The molecule has 1 aromatic heterocycles. The average Bonchev–Trinajstić information content (AvgIpc) is 2.75. The zero-order chi connectivity index (χ0) is 22.0. The Morgan fingerprint density at radius 2 is 1.74 bits per heavy atom. The first-order valence-corrected chi connectivity index (χ1v) is 10.9. The zero-order valence-electron chi connectivity index (χ0n) is 16.8. The molecule has 1 N–H and O–H groups in total. The Morgan fingerprint density at radius 1 is 0.935 bits per heavy atom. The second-order valence-corrected chi connectivity index (χ2v) is 8.55. The summed E-state index contributed by atoms with van der Waals surface area (Å²) in [6.45, 7) is 2.43. The number of halogens is 3. The van der Waals surface area contributed by atoms with Crippen LogP contribution in [0.15, 0.2) is 66.7 Å². The first-order valence-electron chi connectivity index (χ1n) is 9.81. The van der Waals surface area contributed by atoms with Crippen LogP contribution in [0.1, 0.15) is 21.5 Å². The number of rotatable bonds is 5. The summed E-state index contributed by atoms with van der Waals surface area (Å²) in [5, 5.41) is 5.57. The second-order valence-electron chi connectivity index (χ2n) is 7.30. The Balaban J connectivity index is 1.65. The molecule has 6 heteroatoms. The van der Waals surface area contributed by atoms with E-state index in [1.54, 1.807) is 18.2 Å². The first kappa shape index (κ1) is 21.6. The van der Waals surface area contributed by atoms with Crippen LogP contribution < -0.4 is 5.32 Å². The lowest BCUT2D eigenvalue weighted by molar-refractivity contribution is 0.0956. The molecule has 0 aliphatic heterocycles. The summed E-state index contributed by atoms with van der Waals surface area (Å²) in [5.74, 6) is -0.170. The van der Waals surface area contributed by atoms with Crippen LogP contribution >= 0.6 is 34.8 Å². The van der Waals surface area contributed by atoms with Crippen molar-refractivity contribution < 1.29 is 4.79 Å². The van der Waals surface area contributed by atoms with E-state index in [1.165, 1.54) is 0 Å². The van der Waals surface area contributed by atoms with Crippen LogP contribution in [0.3, 0.4) is 0 Å². The van der Waals surface area contributed by atoms with Gasteiger partial charge in [0.1, 0.15) is 0 Å². The van der Waals surface area contributed by atoms with Gasteiger partial charge in [0.15, 0.2) is 0 Å². The molecule has 1 amide bonds. The molecule has 3 nitrogen and oxygen atoms in total. The number of carbonyl (C=O) groups excluding carboxylic acids is 1. The van der Waals surface area contributed by atoms with Crippen molar-refractivity contribution >= 4 is 51.6 Å². The van der Waals surface area contributed by atoms with Crippen molar-refractivity contribution in [1.29, 1.82) is 0 Å². The number of aryl methyl sites for hydroxylation is 1. The van der Waals surface area contributed by atoms with E-state index in [0.29, 0.717) is 39.3 Å². The molecule has 31 heavy (non-hydrogen) atoms. The van der Waals surface area contributed by atoms with Crippen LogP contribution in [-0.2, 0) is 6.42 Å². The molecule has 4 aromatic rings. The predicted molar refractivity (Wildman–Crippen MR) is 129 cm³/mol. The quantitative estimate of drug-likeness (QED) is 0.337. The highest BCUT2D eigenvalue weighted by Crippen LogP contribution is 2.30. The minimum Gasteiger partial charge on any atom is -0.352 e. The fourth-order valence-electron chi connectivity index (χ4n) is 3.46. The zero-order valence-corrected chi connectivity index (χ0v) is 19.0. The van der Waals surface area contributed by atoms with Gasteiger partial charge >= 0.3 is 0 Å². The molecular weight excluding hydrogens is 451 g/mol. The Hall–Kier alpha value is -2.59. The Morgan fingerprint density at radius 3 is 2.52 bits per heavy atom. The molecule has 3 aromatic carbocycles. The van der Waals surface area contributed by atoms with Crippen LogP contribution in [0.5, 0.6) is 0 Å². The maximum absolute atomic E-state index is 13.1. The first-order chi connectivity index (χ1) is 14.9. The number of pyridine rings is 1. The molecule has 0 unspecified atom stereocenters. The van der Waals surface area contributed by atoms with Gasteiger partial charge < -0.3 is 5.32 Å². The van der Waals surface area contributed by atoms with Gasteiger partial charge in [-0.15, -0.1) is 0 Å². The normalized spacial score (nSPS) is 11.0. The van der Waals surface area contributed by atoms with E-state index in [2.05, 4.69) is 5.32 Å². The van der Waals surface area contributed by atoms with Gasteiger partial charge in [0.05, 0.1) is 16.8 Å². The van der Waals surface area contributed by atoms with Gasteiger partial charge in [-0.05, 0) is 55.3 Å². The summed E-state index contributed by atoms with van der Waals surface area (Å²) in [4.78, 5) is 17.9. The molecule has 4 rings (SSSR count). The molecule has 0 bridgehead atoms. The monoisotopic (exact) mass is 468 g/mol. The van der Waals surface area contributed by atoms with Gasteiger partial charge in [-0.2, -0.15) is 0 Å². The number of carbonyl (C=O) groups is 1. The van der Waals surface area contributed by atoms with Gasteiger partial charge in [-0.3, -0.25) is 4.79 Å². The van der Waals surface area contributed by atoms with Crippen molar-refractivity contribution in [2.24, 2.45) is 0 Å². The Bertz CT molecular complexity index is 1290. The SMILES string of the molecule is Cc1ccc2nc(-c3ccccc3Cl)cc(C(=O)NCCc3ccc(Cl)cc3Cl)c2c1. The molecule has 156 valence electrons. The van der Waals surface area contributed by atoms with Crippen molar-refractivity contribution in [3.8, 4) is 11.3 Å². The molecule has 0 saturated carbocycles.